The van der Waals surface area contributed by atoms with Crippen LogP contribution in [-0.2, 0) is 5.41 Å². The van der Waals surface area contributed by atoms with Crippen molar-refractivity contribution in [3.63, 3.8) is 0 Å². The lowest BCUT2D eigenvalue weighted by molar-refractivity contribution is 0.249. The summed E-state index contributed by atoms with van der Waals surface area (Å²) >= 11 is 6.05. The van der Waals surface area contributed by atoms with E-state index < -0.39 is 0 Å². The van der Waals surface area contributed by atoms with Gasteiger partial charge in [0.05, 0.1) is 12.1 Å². The van der Waals surface area contributed by atoms with E-state index in [2.05, 4.69) is 36.6 Å². The van der Waals surface area contributed by atoms with Crippen molar-refractivity contribution in [2.75, 3.05) is 19.0 Å². The molecule has 0 saturated heterocycles. The van der Waals surface area contributed by atoms with E-state index in [-0.39, 0.29) is 11.4 Å². The average molecular weight is 333 g/mol. The summed E-state index contributed by atoms with van der Waals surface area (Å²) in [5.41, 5.74) is 1.63. The van der Waals surface area contributed by atoms with Crippen molar-refractivity contribution in [3.8, 4) is 5.75 Å². The second-order valence-electron chi connectivity index (χ2n) is 5.91. The number of carbonyl (C=O) groups is 1. The van der Waals surface area contributed by atoms with Crippen LogP contribution in [0.1, 0.15) is 19.4 Å². The van der Waals surface area contributed by atoms with E-state index >= 15 is 0 Å². The van der Waals surface area contributed by atoms with Crippen LogP contribution in [0, 0.1) is 0 Å². The molecule has 122 valence electrons. The molecule has 0 saturated carbocycles. The lowest BCUT2D eigenvalue weighted by Crippen LogP contribution is -2.38. The van der Waals surface area contributed by atoms with Crippen molar-refractivity contribution in [1.82, 2.24) is 5.32 Å². The summed E-state index contributed by atoms with van der Waals surface area (Å²) < 4.78 is 5.09. The maximum Gasteiger partial charge on any atom is 0.319 e. The van der Waals surface area contributed by atoms with Gasteiger partial charge in [-0.25, -0.2) is 4.79 Å². The summed E-state index contributed by atoms with van der Waals surface area (Å²) in [6, 6.07) is 14.9. The summed E-state index contributed by atoms with van der Waals surface area (Å²) in [6.45, 7) is 4.70. The minimum absolute atomic E-state index is 0.157. The van der Waals surface area contributed by atoms with Gasteiger partial charge in [-0.15, -0.1) is 0 Å². The van der Waals surface area contributed by atoms with Crippen LogP contribution < -0.4 is 15.4 Å². The van der Waals surface area contributed by atoms with Crippen LogP contribution in [0.5, 0.6) is 5.75 Å². The Balaban J connectivity index is 1.94. The monoisotopic (exact) mass is 332 g/mol. The molecule has 0 heterocycles. The number of rotatable bonds is 5. The van der Waals surface area contributed by atoms with Crippen LogP contribution in [-0.4, -0.2) is 19.7 Å². The number of ether oxygens (including phenoxy) is 1. The van der Waals surface area contributed by atoms with E-state index in [0.717, 1.165) is 0 Å². The van der Waals surface area contributed by atoms with Gasteiger partial charge in [0.15, 0.2) is 0 Å². The number of urea groups is 1. The largest absolute Gasteiger partial charge is 0.495 e. The quantitative estimate of drug-likeness (QED) is 0.850. The van der Waals surface area contributed by atoms with Crippen molar-refractivity contribution in [3.05, 3.63) is 59.1 Å². The highest BCUT2D eigenvalue weighted by atomic mass is 35.5. The van der Waals surface area contributed by atoms with Crippen molar-refractivity contribution < 1.29 is 9.53 Å². The van der Waals surface area contributed by atoms with E-state index in [1.54, 1.807) is 25.3 Å². The Morgan fingerprint density at radius 3 is 2.48 bits per heavy atom. The number of nitrogens with one attached hydrogen (secondary N) is 2. The number of halogens is 1. The third kappa shape index (κ3) is 4.63. The van der Waals surface area contributed by atoms with Crippen molar-refractivity contribution in [1.29, 1.82) is 0 Å². The molecule has 2 N–H and O–H groups in total. The number of hydrogen-bond acceptors (Lipinski definition) is 2. The van der Waals surface area contributed by atoms with Gasteiger partial charge in [0.25, 0.3) is 0 Å². The third-order valence-corrected chi connectivity index (χ3v) is 3.95. The molecule has 0 fully saturated rings. The molecular formula is C18H21ClN2O2. The lowest BCUT2D eigenvalue weighted by atomic mass is 9.85. The van der Waals surface area contributed by atoms with Gasteiger partial charge < -0.3 is 15.4 Å². The van der Waals surface area contributed by atoms with Crippen LogP contribution in [0.25, 0.3) is 0 Å². The summed E-state index contributed by atoms with van der Waals surface area (Å²) in [7, 11) is 1.55. The predicted octanol–water partition coefficient (Wildman–Crippen LogP) is 4.45. The second kappa shape index (κ2) is 7.38. The molecule has 0 aliphatic carbocycles. The van der Waals surface area contributed by atoms with Crippen LogP contribution in [0.4, 0.5) is 10.5 Å². The van der Waals surface area contributed by atoms with Gasteiger partial charge in [-0.05, 0) is 23.8 Å². The molecule has 5 heteroatoms. The molecular weight excluding hydrogens is 312 g/mol. The first kappa shape index (κ1) is 17.2. The highest BCUT2D eigenvalue weighted by Gasteiger charge is 2.21. The number of benzene rings is 2. The van der Waals surface area contributed by atoms with Gasteiger partial charge in [0, 0.05) is 17.6 Å². The normalized spacial score (nSPS) is 11.0. The summed E-state index contributed by atoms with van der Waals surface area (Å²) in [6.07, 6.45) is 0. The first-order chi connectivity index (χ1) is 10.9. The molecule has 0 unspecified atom stereocenters. The Morgan fingerprint density at radius 2 is 1.87 bits per heavy atom. The minimum atomic E-state index is -0.268. The lowest BCUT2D eigenvalue weighted by Gasteiger charge is -2.25. The Bertz CT molecular complexity index is 672. The highest BCUT2D eigenvalue weighted by molar-refractivity contribution is 6.32. The Labute approximate surface area is 141 Å². The zero-order valence-corrected chi connectivity index (χ0v) is 14.3. The molecule has 2 amide bonds. The minimum Gasteiger partial charge on any atom is -0.495 e. The molecule has 0 aliphatic heterocycles. The molecule has 0 spiro atoms. The topological polar surface area (TPSA) is 50.4 Å². The molecule has 2 rings (SSSR count). The number of anilines is 1. The van der Waals surface area contributed by atoms with E-state index in [1.807, 2.05) is 18.2 Å². The van der Waals surface area contributed by atoms with Crippen molar-refractivity contribution in [2.45, 2.75) is 19.3 Å². The van der Waals surface area contributed by atoms with Crippen molar-refractivity contribution in [2.24, 2.45) is 0 Å². The predicted molar refractivity (Wildman–Crippen MR) is 94.5 cm³/mol. The fourth-order valence-corrected chi connectivity index (χ4v) is 2.47. The maximum absolute atomic E-state index is 12.1. The van der Waals surface area contributed by atoms with Gasteiger partial charge in [-0.2, -0.15) is 0 Å². The van der Waals surface area contributed by atoms with Gasteiger partial charge in [0.2, 0.25) is 0 Å². The second-order valence-corrected chi connectivity index (χ2v) is 6.31. The number of carbonyl (C=O) groups excluding carboxylic acids is 1. The summed E-state index contributed by atoms with van der Waals surface area (Å²) in [5, 5.41) is 6.12. The molecule has 4 nitrogen and oxygen atoms in total. The van der Waals surface area contributed by atoms with Crippen LogP contribution in [0.15, 0.2) is 48.5 Å². The van der Waals surface area contributed by atoms with Crippen LogP contribution in [0.2, 0.25) is 5.02 Å². The Morgan fingerprint density at radius 1 is 1.17 bits per heavy atom. The average Bonchev–Trinajstić information content (AvgIpc) is 2.54. The van der Waals surface area contributed by atoms with Gasteiger partial charge in [-0.3, -0.25) is 0 Å². The molecule has 2 aromatic carbocycles. The van der Waals surface area contributed by atoms with E-state index in [0.29, 0.717) is 23.0 Å². The molecule has 23 heavy (non-hydrogen) atoms. The molecule has 0 aromatic heterocycles. The molecule has 0 radical (unpaired) electrons. The van der Waals surface area contributed by atoms with Crippen molar-refractivity contribution >= 4 is 23.3 Å². The van der Waals surface area contributed by atoms with Crippen LogP contribution in [0.3, 0.4) is 0 Å². The third-order valence-electron chi connectivity index (χ3n) is 3.66. The van der Waals surface area contributed by atoms with Gasteiger partial charge in [-0.1, -0.05) is 55.8 Å². The maximum atomic E-state index is 12.1. The van der Waals surface area contributed by atoms with Gasteiger partial charge >= 0.3 is 6.03 Å². The first-order valence-corrected chi connectivity index (χ1v) is 7.74. The number of amides is 2. The summed E-state index contributed by atoms with van der Waals surface area (Å²) in [5.74, 6) is 0.572. The molecule has 0 aliphatic rings. The molecule has 0 bridgehead atoms. The fourth-order valence-electron chi connectivity index (χ4n) is 2.21. The molecule has 2 aromatic rings. The Kier molecular flexibility index (Phi) is 5.50. The first-order valence-electron chi connectivity index (χ1n) is 7.36. The number of methoxy groups -OCH3 is 1. The fraction of sp³-hybridized carbons (Fsp3) is 0.278. The zero-order chi connectivity index (χ0) is 16.9. The van der Waals surface area contributed by atoms with Crippen LogP contribution >= 0.6 is 11.6 Å². The highest BCUT2D eigenvalue weighted by Crippen LogP contribution is 2.27. The summed E-state index contributed by atoms with van der Waals surface area (Å²) in [4.78, 5) is 12.1. The Hall–Kier alpha value is -2.20. The van der Waals surface area contributed by atoms with Gasteiger partial charge in [0.1, 0.15) is 5.75 Å². The van der Waals surface area contributed by atoms with E-state index in [4.69, 9.17) is 16.3 Å². The molecule has 0 atom stereocenters. The SMILES string of the molecule is COc1ccc(NC(=O)NCC(C)(C)c2ccccc2)cc1Cl. The zero-order valence-electron chi connectivity index (χ0n) is 13.5. The van der Waals surface area contributed by atoms with E-state index in [1.165, 1.54) is 5.56 Å². The number of hydrogen-bond donors (Lipinski definition) is 2. The smallest absolute Gasteiger partial charge is 0.319 e. The standard InChI is InChI=1S/C18H21ClN2O2/c1-18(2,13-7-5-4-6-8-13)12-20-17(22)21-14-9-10-16(23-3)15(19)11-14/h4-11H,12H2,1-3H3,(H2,20,21,22). The van der Waals surface area contributed by atoms with E-state index in [9.17, 15) is 4.79 Å².